The normalized spacial score (nSPS) is 12.4. The van der Waals surface area contributed by atoms with E-state index in [-0.39, 0.29) is 12.5 Å². The van der Waals surface area contributed by atoms with Gasteiger partial charge in [-0.05, 0) is 60.7 Å². The van der Waals surface area contributed by atoms with E-state index in [2.05, 4.69) is 11.4 Å². The van der Waals surface area contributed by atoms with Crippen LogP contribution in [0.5, 0.6) is 11.5 Å². The van der Waals surface area contributed by atoms with Crippen molar-refractivity contribution < 1.29 is 19.1 Å². The van der Waals surface area contributed by atoms with Crippen LogP contribution in [0, 0.1) is 0 Å². The third-order valence-electron chi connectivity index (χ3n) is 4.06. The Morgan fingerprint density at radius 1 is 1.12 bits per heavy atom. The zero-order chi connectivity index (χ0) is 16.9. The molecule has 5 heteroatoms. The number of rotatable bonds is 6. The molecule has 2 aromatic carbocycles. The van der Waals surface area contributed by atoms with Gasteiger partial charge in [-0.25, -0.2) is 0 Å². The number of amides is 1. The summed E-state index contributed by atoms with van der Waals surface area (Å²) in [4.78, 5) is 22.9. The van der Waals surface area contributed by atoms with Crippen LogP contribution in [0.4, 0.5) is 5.69 Å². The van der Waals surface area contributed by atoms with Crippen molar-refractivity contribution in [1.82, 2.24) is 0 Å². The van der Waals surface area contributed by atoms with Crippen molar-refractivity contribution in [1.29, 1.82) is 0 Å². The molecule has 0 atom stereocenters. The highest BCUT2D eigenvalue weighted by molar-refractivity contribution is 5.92. The Balaban J connectivity index is 1.60. The molecule has 2 aromatic rings. The summed E-state index contributed by atoms with van der Waals surface area (Å²) in [6.07, 6.45) is 4.08. The maximum Gasteiger partial charge on any atom is 0.262 e. The molecule has 5 nitrogen and oxygen atoms in total. The number of aryl methyl sites for hydroxylation is 2. The van der Waals surface area contributed by atoms with Crippen molar-refractivity contribution >= 4 is 17.9 Å². The highest BCUT2D eigenvalue weighted by atomic mass is 16.5. The molecular formula is C19H19NO4. The lowest BCUT2D eigenvalue weighted by Gasteiger charge is -2.11. The van der Waals surface area contributed by atoms with Crippen LogP contribution < -0.4 is 14.8 Å². The minimum absolute atomic E-state index is 0.131. The number of nitrogens with one attached hydrogen (secondary N) is 1. The van der Waals surface area contributed by atoms with Gasteiger partial charge in [0.2, 0.25) is 0 Å². The van der Waals surface area contributed by atoms with E-state index >= 15 is 0 Å². The Bertz CT molecular complexity index is 770. The maximum atomic E-state index is 12.1. The van der Waals surface area contributed by atoms with Gasteiger partial charge in [0.15, 0.2) is 18.1 Å². The summed E-state index contributed by atoms with van der Waals surface area (Å²) >= 11 is 0. The maximum absolute atomic E-state index is 12.1. The first-order valence-electron chi connectivity index (χ1n) is 7.87. The number of anilines is 1. The Kier molecular flexibility index (Phi) is 4.79. The summed E-state index contributed by atoms with van der Waals surface area (Å²) in [6.45, 7) is -0.131. The van der Waals surface area contributed by atoms with Crippen molar-refractivity contribution in [2.75, 3.05) is 19.0 Å². The molecule has 0 saturated carbocycles. The zero-order valence-corrected chi connectivity index (χ0v) is 13.5. The fourth-order valence-electron chi connectivity index (χ4n) is 2.87. The number of benzene rings is 2. The van der Waals surface area contributed by atoms with Crippen molar-refractivity contribution in [2.45, 2.75) is 19.3 Å². The highest BCUT2D eigenvalue weighted by Gasteiger charge is 2.13. The second-order valence-corrected chi connectivity index (χ2v) is 5.70. The molecule has 1 N–H and O–H groups in total. The highest BCUT2D eigenvalue weighted by Crippen LogP contribution is 2.28. The van der Waals surface area contributed by atoms with E-state index in [1.807, 2.05) is 12.1 Å². The molecule has 0 unspecified atom stereocenters. The fourth-order valence-corrected chi connectivity index (χ4v) is 2.87. The molecule has 0 saturated heterocycles. The van der Waals surface area contributed by atoms with E-state index in [1.54, 1.807) is 18.2 Å². The molecule has 1 aliphatic rings. The number of carbonyl (C=O) groups is 2. The molecule has 124 valence electrons. The molecule has 0 spiro atoms. The van der Waals surface area contributed by atoms with Crippen LogP contribution in [0.2, 0.25) is 0 Å². The number of methoxy groups -OCH3 is 1. The van der Waals surface area contributed by atoms with Crippen LogP contribution >= 0.6 is 0 Å². The third kappa shape index (κ3) is 3.56. The van der Waals surface area contributed by atoms with Crippen LogP contribution in [-0.4, -0.2) is 25.9 Å². The van der Waals surface area contributed by atoms with Crippen molar-refractivity contribution in [2.24, 2.45) is 0 Å². The van der Waals surface area contributed by atoms with Gasteiger partial charge in [0, 0.05) is 11.3 Å². The van der Waals surface area contributed by atoms with E-state index in [0.29, 0.717) is 17.1 Å². The largest absolute Gasteiger partial charge is 0.493 e. The van der Waals surface area contributed by atoms with Crippen molar-refractivity contribution in [3.8, 4) is 11.5 Å². The number of hydrogen-bond acceptors (Lipinski definition) is 4. The lowest BCUT2D eigenvalue weighted by Crippen LogP contribution is -2.20. The second kappa shape index (κ2) is 7.17. The summed E-state index contributed by atoms with van der Waals surface area (Å²) in [7, 11) is 1.49. The number of fused-ring (bicyclic) bond motifs is 1. The van der Waals surface area contributed by atoms with Gasteiger partial charge >= 0.3 is 0 Å². The van der Waals surface area contributed by atoms with Gasteiger partial charge in [-0.1, -0.05) is 6.07 Å². The topological polar surface area (TPSA) is 64.6 Å². The minimum Gasteiger partial charge on any atom is -0.493 e. The van der Waals surface area contributed by atoms with Gasteiger partial charge in [-0.2, -0.15) is 0 Å². The summed E-state index contributed by atoms with van der Waals surface area (Å²) in [5.74, 6) is 0.603. The molecule has 0 aromatic heterocycles. The van der Waals surface area contributed by atoms with Gasteiger partial charge in [0.05, 0.1) is 7.11 Å². The number of hydrogen-bond donors (Lipinski definition) is 1. The summed E-state index contributed by atoms with van der Waals surface area (Å²) in [6, 6.07) is 10.8. The van der Waals surface area contributed by atoms with Crippen molar-refractivity contribution in [3.05, 3.63) is 53.1 Å². The second-order valence-electron chi connectivity index (χ2n) is 5.70. The minimum atomic E-state index is -0.241. The van der Waals surface area contributed by atoms with Gasteiger partial charge in [-0.15, -0.1) is 0 Å². The predicted molar refractivity (Wildman–Crippen MR) is 91.0 cm³/mol. The first-order chi connectivity index (χ1) is 11.7. The van der Waals surface area contributed by atoms with Crippen LogP contribution in [0.15, 0.2) is 36.4 Å². The summed E-state index contributed by atoms with van der Waals surface area (Å²) < 4.78 is 10.7. The van der Waals surface area contributed by atoms with Gasteiger partial charge in [0.25, 0.3) is 5.91 Å². The molecule has 0 aliphatic heterocycles. The summed E-state index contributed by atoms with van der Waals surface area (Å²) in [5, 5.41) is 2.84. The molecule has 3 rings (SSSR count). The van der Waals surface area contributed by atoms with E-state index in [9.17, 15) is 9.59 Å². The number of ether oxygens (including phenoxy) is 2. The lowest BCUT2D eigenvalue weighted by atomic mass is 10.1. The van der Waals surface area contributed by atoms with Gasteiger partial charge < -0.3 is 14.8 Å². The Morgan fingerprint density at radius 3 is 2.75 bits per heavy atom. The third-order valence-corrected chi connectivity index (χ3v) is 4.06. The Morgan fingerprint density at radius 2 is 1.96 bits per heavy atom. The zero-order valence-electron chi connectivity index (χ0n) is 13.5. The van der Waals surface area contributed by atoms with E-state index in [0.717, 1.165) is 24.8 Å². The molecule has 0 bridgehead atoms. The molecular weight excluding hydrogens is 306 g/mol. The monoisotopic (exact) mass is 325 g/mol. The molecule has 24 heavy (non-hydrogen) atoms. The molecule has 1 amide bonds. The van der Waals surface area contributed by atoms with Crippen LogP contribution in [0.3, 0.4) is 0 Å². The first-order valence-corrected chi connectivity index (χ1v) is 7.87. The van der Waals surface area contributed by atoms with E-state index < -0.39 is 0 Å². The Hall–Kier alpha value is -2.82. The SMILES string of the molecule is COc1cc(C=O)ccc1OCC(=O)Nc1ccc2c(c1)CCC2. The molecule has 0 heterocycles. The number of aldehydes is 1. The fraction of sp³-hybridized carbons (Fsp3) is 0.263. The summed E-state index contributed by atoms with van der Waals surface area (Å²) in [5.41, 5.74) is 3.94. The molecule has 0 radical (unpaired) electrons. The van der Waals surface area contributed by atoms with Gasteiger partial charge in [0.1, 0.15) is 6.29 Å². The first kappa shape index (κ1) is 16.1. The van der Waals surface area contributed by atoms with Crippen molar-refractivity contribution in [3.63, 3.8) is 0 Å². The Labute approximate surface area is 140 Å². The lowest BCUT2D eigenvalue weighted by molar-refractivity contribution is -0.118. The van der Waals surface area contributed by atoms with Crippen LogP contribution in [0.1, 0.15) is 27.9 Å². The standard InChI is InChI=1S/C19H19NO4/c1-23-18-9-13(11-21)5-8-17(18)24-12-19(22)20-16-7-6-14-3-2-4-15(14)10-16/h5-11H,2-4,12H2,1H3,(H,20,22). The predicted octanol–water partition coefficient (Wildman–Crippen LogP) is 3.01. The smallest absolute Gasteiger partial charge is 0.262 e. The quantitative estimate of drug-likeness (QED) is 0.829. The van der Waals surface area contributed by atoms with Gasteiger partial charge in [-0.3, -0.25) is 9.59 Å². The van der Waals surface area contributed by atoms with Crippen LogP contribution in [0.25, 0.3) is 0 Å². The average Bonchev–Trinajstić information content (AvgIpc) is 3.07. The van der Waals surface area contributed by atoms with Crippen LogP contribution in [-0.2, 0) is 17.6 Å². The number of carbonyl (C=O) groups excluding carboxylic acids is 2. The average molecular weight is 325 g/mol. The van der Waals surface area contributed by atoms with E-state index in [1.165, 1.54) is 24.7 Å². The van der Waals surface area contributed by atoms with E-state index in [4.69, 9.17) is 9.47 Å². The molecule has 1 aliphatic carbocycles. The molecule has 0 fully saturated rings.